The number of aryl methyl sites for hydroxylation is 2. The van der Waals surface area contributed by atoms with Gasteiger partial charge in [-0.15, -0.1) is 0 Å². The summed E-state index contributed by atoms with van der Waals surface area (Å²) in [4.78, 5) is 36.2. The standard InChI is InChI=1S/C23H28N4O2/c1-3-18-8-6-7-17(2)22(18)27-16-19(15-21(27)28)23(29)26-13-11-25(12-14-26)20-9-4-5-10-24-20/h4-10,19H,3,11-16H2,1-2H3. The van der Waals surface area contributed by atoms with Gasteiger partial charge in [-0.25, -0.2) is 4.98 Å². The zero-order valence-electron chi connectivity index (χ0n) is 17.2. The molecule has 0 radical (unpaired) electrons. The number of pyridine rings is 1. The topological polar surface area (TPSA) is 56.8 Å². The van der Waals surface area contributed by atoms with Crippen LogP contribution < -0.4 is 9.80 Å². The first kappa shape index (κ1) is 19.4. The van der Waals surface area contributed by atoms with E-state index in [0.717, 1.165) is 42.1 Å². The lowest BCUT2D eigenvalue weighted by Gasteiger charge is -2.36. The Morgan fingerprint density at radius 3 is 2.59 bits per heavy atom. The highest BCUT2D eigenvalue weighted by atomic mass is 16.2. The Kier molecular flexibility index (Phi) is 5.51. The van der Waals surface area contributed by atoms with Crippen molar-refractivity contribution in [3.8, 4) is 0 Å². The third-order valence-electron chi connectivity index (χ3n) is 6.01. The number of rotatable bonds is 4. The van der Waals surface area contributed by atoms with Gasteiger partial charge in [-0.05, 0) is 36.6 Å². The van der Waals surface area contributed by atoms with E-state index in [1.807, 2.05) is 47.1 Å². The van der Waals surface area contributed by atoms with E-state index < -0.39 is 0 Å². The summed E-state index contributed by atoms with van der Waals surface area (Å²) in [6, 6.07) is 12.0. The molecule has 1 aromatic heterocycles. The Morgan fingerprint density at radius 2 is 1.90 bits per heavy atom. The molecule has 29 heavy (non-hydrogen) atoms. The third kappa shape index (κ3) is 3.84. The van der Waals surface area contributed by atoms with Gasteiger partial charge in [0.05, 0.1) is 5.92 Å². The van der Waals surface area contributed by atoms with E-state index in [1.54, 1.807) is 6.20 Å². The predicted octanol–water partition coefficient (Wildman–Crippen LogP) is 2.65. The van der Waals surface area contributed by atoms with Crippen molar-refractivity contribution in [2.45, 2.75) is 26.7 Å². The Labute approximate surface area is 172 Å². The number of aromatic nitrogens is 1. The van der Waals surface area contributed by atoms with Gasteiger partial charge in [0.15, 0.2) is 0 Å². The number of nitrogens with zero attached hydrogens (tertiary/aromatic N) is 4. The third-order valence-corrected chi connectivity index (χ3v) is 6.01. The molecule has 4 rings (SSSR count). The van der Waals surface area contributed by atoms with Crippen molar-refractivity contribution < 1.29 is 9.59 Å². The number of carbonyl (C=O) groups excluding carboxylic acids is 2. The molecule has 2 aliphatic rings. The zero-order valence-corrected chi connectivity index (χ0v) is 17.2. The minimum Gasteiger partial charge on any atom is -0.353 e. The average molecular weight is 393 g/mol. The molecule has 2 fully saturated rings. The van der Waals surface area contributed by atoms with E-state index in [-0.39, 0.29) is 17.7 Å². The molecule has 152 valence electrons. The molecule has 0 N–H and O–H groups in total. The molecule has 1 aromatic carbocycles. The van der Waals surface area contributed by atoms with Gasteiger partial charge in [0.25, 0.3) is 0 Å². The number of carbonyl (C=O) groups is 2. The maximum atomic E-state index is 13.1. The van der Waals surface area contributed by atoms with Gasteiger partial charge >= 0.3 is 0 Å². The summed E-state index contributed by atoms with van der Waals surface area (Å²) >= 11 is 0. The van der Waals surface area contributed by atoms with Gasteiger partial charge in [0.1, 0.15) is 5.82 Å². The molecule has 3 heterocycles. The van der Waals surface area contributed by atoms with Crippen molar-refractivity contribution in [2.24, 2.45) is 5.92 Å². The molecule has 0 saturated carbocycles. The fraction of sp³-hybridized carbons (Fsp3) is 0.435. The second kappa shape index (κ2) is 8.23. The molecular formula is C23H28N4O2. The van der Waals surface area contributed by atoms with Gasteiger partial charge in [-0.1, -0.05) is 31.2 Å². The number of benzene rings is 1. The minimum atomic E-state index is -0.256. The number of anilines is 2. The van der Waals surface area contributed by atoms with Crippen LogP contribution in [0.25, 0.3) is 0 Å². The highest BCUT2D eigenvalue weighted by Crippen LogP contribution is 2.32. The van der Waals surface area contributed by atoms with E-state index >= 15 is 0 Å². The van der Waals surface area contributed by atoms with Crippen molar-refractivity contribution in [2.75, 3.05) is 42.5 Å². The summed E-state index contributed by atoms with van der Waals surface area (Å²) in [5.41, 5.74) is 3.25. The van der Waals surface area contributed by atoms with Crippen LogP contribution in [0.15, 0.2) is 42.6 Å². The monoisotopic (exact) mass is 392 g/mol. The lowest BCUT2D eigenvalue weighted by atomic mass is 10.0. The smallest absolute Gasteiger partial charge is 0.228 e. The van der Waals surface area contributed by atoms with Crippen LogP contribution in [0.3, 0.4) is 0 Å². The van der Waals surface area contributed by atoms with Crippen LogP contribution in [0.5, 0.6) is 0 Å². The highest BCUT2D eigenvalue weighted by molar-refractivity contribution is 6.01. The van der Waals surface area contributed by atoms with Crippen molar-refractivity contribution in [3.63, 3.8) is 0 Å². The summed E-state index contributed by atoms with van der Waals surface area (Å²) in [5.74, 6) is 0.856. The molecule has 0 bridgehead atoms. The highest BCUT2D eigenvalue weighted by Gasteiger charge is 2.38. The number of hydrogen-bond donors (Lipinski definition) is 0. The van der Waals surface area contributed by atoms with Gasteiger partial charge < -0.3 is 14.7 Å². The largest absolute Gasteiger partial charge is 0.353 e. The molecule has 2 aliphatic heterocycles. The van der Waals surface area contributed by atoms with Crippen molar-refractivity contribution >= 4 is 23.3 Å². The van der Waals surface area contributed by atoms with Gasteiger partial charge in [-0.2, -0.15) is 0 Å². The van der Waals surface area contributed by atoms with Crippen molar-refractivity contribution in [3.05, 3.63) is 53.7 Å². The van der Waals surface area contributed by atoms with Crippen LogP contribution in [0.4, 0.5) is 11.5 Å². The molecule has 1 atom stereocenters. The lowest BCUT2D eigenvalue weighted by molar-refractivity contribution is -0.136. The number of piperazine rings is 1. The molecule has 0 spiro atoms. The normalized spacial score (nSPS) is 19.7. The molecule has 6 heteroatoms. The molecule has 2 aromatic rings. The van der Waals surface area contributed by atoms with Crippen LogP contribution in [0, 0.1) is 12.8 Å². The Bertz CT molecular complexity index is 891. The van der Waals surface area contributed by atoms with E-state index in [1.165, 1.54) is 0 Å². The lowest BCUT2D eigenvalue weighted by Crippen LogP contribution is -2.51. The molecule has 0 aliphatic carbocycles. The van der Waals surface area contributed by atoms with E-state index in [4.69, 9.17) is 0 Å². The summed E-state index contributed by atoms with van der Waals surface area (Å²) in [6.07, 6.45) is 2.97. The minimum absolute atomic E-state index is 0.0551. The molecule has 6 nitrogen and oxygen atoms in total. The number of amides is 2. The molecule has 2 saturated heterocycles. The van der Waals surface area contributed by atoms with E-state index in [9.17, 15) is 9.59 Å². The summed E-state index contributed by atoms with van der Waals surface area (Å²) in [6.45, 7) is 7.50. The Morgan fingerprint density at radius 1 is 1.10 bits per heavy atom. The van der Waals surface area contributed by atoms with Crippen LogP contribution >= 0.6 is 0 Å². The summed E-state index contributed by atoms with van der Waals surface area (Å²) in [5, 5.41) is 0. The zero-order chi connectivity index (χ0) is 20.4. The van der Waals surface area contributed by atoms with Crippen molar-refractivity contribution in [1.82, 2.24) is 9.88 Å². The predicted molar refractivity (Wildman–Crippen MR) is 114 cm³/mol. The fourth-order valence-electron chi connectivity index (χ4n) is 4.44. The fourth-order valence-corrected chi connectivity index (χ4v) is 4.44. The maximum Gasteiger partial charge on any atom is 0.228 e. The SMILES string of the molecule is CCc1cccc(C)c1N1CC(C(=O)N2CCN(c3ccccn3)CC2)CC1=O. The molecule has 2 amide bonds. The van der Waals surface area contributed by atoms with E-state index in [0.29, 0.717) is 26.1 Å². The second-order valence-corrected chi connectivity index (χ2v) is 7.84. The average Bonchev–Trinajstić information content (AvgIpc) is 3.14. The molecular weight excluding hydrogens is 364 g/mol. The van der Waals surface area contributed by atoms with Crippen LogP contribution in [0.2, 0.25) is 0 Å². The number of hydrogen-bond acceptors (Lipinski definition) is 4. The first-order valence-electron chi connectivity index (χ1n) is 10.4. The van der Waals surface area contributed by atoms with Crippen LogP contribution in [0.1, 0.15) is 24.5 Å². The summed E-state index contributed by atoms with van der Waals surface area (Å²) in [7, 11) is 0. The Hall–Kier alpha value is -2.89. The Balaban J connectivity index is 1.42. The summed E-state index contributed by atoms with van der Waals surface area (Å²) < 4.78 is 0. The second-order valence-electron chi connectivity index (χ2n) is 7.84. The van der Waals surface area contributed by atoms with Gasteiger partial charge in [0.2, 0.25) is 11.8 Å². The molecule has 1 unspecified atom stereocenters. The van der Waals surface area contributed by atoms with Gasteiger partial charge in [-0.3, -0.25) is 9.59 Å². The van der Waals surface area contributed by atoms with Crippen molar-refractivity contribution in [1.29, 1.82) is 0 Å². The van der Waals surface area contributed by atoms with Crippen LogP contribution in [-0.2, 0) is 16.0 Å². The first-order chi connectivity index (χ1) is 14.1. The quantitative estimate of drug-likeness (QED) is 0.803. The van der Waals surface area contributed by atoms with Gasteiger partial charge in [0, 0.05) is 51.0 Å². The van der Waals surface area contributed by atoms with Crippen LogP contribution in [-0.4, -0.2) is 54.4 Å². The number of para-hydroxylation sites is 1. The maximum absolute atomic E-state index is 13.1. The first-order valence-corrected chi connectivity index (χ1v) is 10.4. The van der Waals surface area contributed by atoms with E-state index in [2.05, 4.69) is 22.9 Å².